The van der Waals surface area contributed by atoms with Gasteiger partial charge >= 0.3 is 11.9 Å². The smallest absolute Gasteiger partial charge is 0.335 e. The molecule has 1 aliphatic rings. The molecule has 3 rings (SSSR count). The van der Waals surface area contributed by atoms with Crippen LogP contribution in [0.25, 0.3) is 0 Å². The van der Waals surface area contributed by atoms with Crippen molar-refractivity contribution >= 4 is 17.7 Å². The molecule has 2 aromatic carbocycles. The van der Waals surface area contributed by atoms with Crippen LogP contribution in [-0.2, 0) is 9.59 Å². The van der Waals surface area contributed by atoms with Gasteiger partial charge in [0.2, 0.25) is 0 Å². The number of carboxylic acid groups (broad SMARTS) is 2. The maximum Gasteiger partial charge on any atom is 0.335 e. The van der Waals surface area contributed by atoms with E-state index < -0.39 is 24.1 Å². The lowest BCUT2D eigenvalue weighted by molar-refractivity contribution is -0.165. The molecule has 11 nitrogen and oxygen atoms in total. The van der Waals surface area contributed by atoms with Crippen molar-refractivity contribution in [3.05, 3.63) is 59.4 Å². The van der Waals surface area contributed by atoms with Gasteiger partial charge in [-0.15, -0.1) is 0 Å². The topological polar surface area (TPSA) is 178 Å². The number of likely N-dealkylation sites (tertiary alicyclic amines) is 1. The van der Waals surface area contributed by atoms with Crippen LogP contribution in [0.3, 0.4) is 0 Å². The van der Waals surface area contributed by atoms with Gasteiger partial charge in [0.1, 0.15) is 5.82 Å². The third-order valence-corrected chi connectivity index (χ3v) is 6.83. The predicted octanol–water partition coefficient (Wildman–Crippen LogP) is 2.70. The first-order valence-electron chi connectivity index (χ1n) is 13.0. The average Bonchev–Trinajstić information content (AvgIpc) is 2.98. The van der Waals surface area contributed by atoms with E-state index in [9.17, 15) is 24.0 Å². The van der Waals surface area contributed by atoms with Crippen LogP contribution in [0.5, 0.6) is 11.5 Å². The highest BCUT2D eigenvalue weighted by Crippen LogP contribution is 2.32. The number of nitriles is 1. The monoisotopic (exact) mass is 574 g/mol. The minimum Gasteiger partial charge on any atom is -0.493 e. The molecule has 2 aromatic rings. The number of ether oxygens (including phenoxy) is 2. The normalized spacial score (nSPS) is 15.8. The quantitative estimate of drug-likeness (QED) is 0.274. The number of benzene rings is 2. The van der Waals surface area contributed by atoms with Gasteiger partial charge < -0.3 is 34.8 Å². The van der Waals surface area contributed by atoms with Crippen LogP contribution in [0, 0.1) is 23.1 Å². The summed E-state index contributed by atoms with van der Waals surface area (Å²) in [5, 5.41) is 42.2. The second kappa shape index (κ2) is 16.3. The van der Waals surface area contributed by atoms with E-state index >= 15 is 0 Å². The molecule has 41 heavy (non-hydrogen) atoms. The Morgan fingerprint density at radius 3 is 2.02 bits per heavy atom. The van der Waals surface area contributed by atoms with Crippen LogP contribution in [0.15, 0.2) is 42.5 Å². The zero-order valence-corrected chi connectivity index (χ0v) is 22.9. The lowest BCUT2D eigenvalue weighted by atomic mass is 9.88. The second-order valence-corrected chi connectivity index (χ2v) is 9.49. The summed E-state index contributed by atoms with van der Waals surface area (Å²) in [5.41, 5.74) is 1.52. The summed E-state index contributed by atoms with van der Waals surface area (Å²) in [7, 11) is 3.18. The number of rotatable bonds is 12. The van der Waals surface area contributed by atoms with E-state index in [1.54, 1.807) is 26.4 Å². The number of nitrogens with zero attached hydrogens (tertiary/aromatic N) is 2. The van der Waals surface area contributed by atoms with Crippen molar-refractivity contribution in [3.8, 4) is 17.6 Å². The number of carboxylic acids is 2. The first-order chi connectivity index (χ1) is 19.5. The molecule has 0 saturated carbocycles. The van der Waals surface area contributed by atoms with Crippen molar-refractivity contribution in [2.45, 2.75) is 43.8 Å². The van der Waals surface area contributed by atoms with Crippen molar-refractivity contribution in [1.82, 2.24) is 4.90 Å². The molecule has 1 saturated heterocycles. The van der Waals surface area contributed by atoms with Crippen LogP contribution in [0.2, 0.25) is 0 Å². The summed E-state index contributed by atoms with van der Waals surface area (Å²) in [6.45, 7) is 2.64. The van der Waals surface area contributed by atoms with Crippen LogP contribution >= 0.6 is 0 Å². The lowest BCUT2D eigenvalue weighted by Gasteiger charge is -2.31. The SMILES string of the molecule is COc1ccc(C(C#N)CCCN2CCC(C(=O)c3ccc(F)cc3)CC2)cc1OC.O=C(O)[C@H](O)[C@@H](O)C(=O)O. The van der Waals surface area contributed by atoms with E-state index in [1.165, 1.54) is 12.1 Å². The summed E-state index contributed by atoms with van der Waals surface area (Å²) >= 11 is 0. The van der Waals surface area contributed by atoms with Crippen molar-refractivity contribution in [3.63, 3.8) is 0 Å². The molecule has 1 unspecified atom stereocenters. The number of hydrogen-bond donors (Lipinski definition) is 4. The van der Waals surface area contributed by atoms with Gasteiger partial charge in [-0.3, -0.25) is 4.79 Å². The van der Waals surface area contributed by atoms with E-state index in [4.69, 9.17) is 29.9 Å². The van der Waals surface area contributed by atoms with Crippen molar-refractivity contribution in [1.29, 1.82) is 5.26 Å². The number of halogens is 1. The number of hydrogen-bond acceptors (Lipinski definition) is 9. The van der Waals surface area contributed by atoms with E-state index in [2.05, 4.69) is 11.0 Å². The molecule has 0 amide bonds. The Morgan fingerprint density at radius 2 is 1.54 bits per heavy atom. The Bertz CT molecular complexity index is 1190. The van der Waals surface area contributed by atoms with Gasteiger partial charge in [-0.1, -0.05) is 6.07 Å². The molecule has 0 spiro atoms. The van der Waals surface area contributed by atoms with Crippen LogP contribution in [-0.4, -0.2) is 89.1 Å². The number of carbonyl (C=O) groups excluding carboxylic acids is 1. The van der Waals surface area contributed by atoms with Gasteiger partial charge in [-0.05, 0) is 87.3 Å². The number of ketones is 1. The maximum atomic E-state index is 13.1. The molecule has 222 valence electrons. The third-order valence-electron chi connectivity index (χ3n) is 6.83. The minimum atomic E-state index is -2.27. The molecule has 1 aliphatic heterocycles. The Balaban J connectivity index is 0.000000503. The van der Waals surface area contributed by atoms with E-state index in [-0.39, 0.29) is 23.4 Å². The predicted molar refractivity (Wildman–Crippen MR) is 144 cm³/mol. The number of aliphatic hydroxyl groups is 2. The summed E-state index contributed by atoms with van der Waals surface area (Å²) < 4.78 is 23.7. The first-order valence-corrected chi connectivity index (χ1v) is 13.0. The molecule has 1 heterocycles. The van der Waals surface area contributed by atoms with E-state index in [1.807, 2.05) is 18.2 Å². The molecule has 4 N–H and O–H groups in total. The van der Waals surface area contributed by atoms with Crippen molar-refractivity contribution in [2.24, 2.45) is 5.92 Å². The highest BCUT2D eigenvalue weighted by atomic mass is 19.1. The summed E-state index contributed by atoms with van der Waals surface area (Å²) in [6.07, 6.45) is -1.24. The highest BCUT2D eigenvalue weighted by Gasteiger charge is 2.29. The number of Topliss-reactive ketones (excluding diaryl/α,β-unsaturated/α-hetero) is 1. The maximum absolute atomic E-state index is 13.1. The first kappa shape index (κ1) is 33.2. The minimum absolute atomic E-state index is 0.000308. The molecule has 12 heteroatoms. The summed E-state index contributed by atoms with van der Waals surface area (Å²) in [4.78, 5) is 34.5. The molecule has 0 radical (unpaired) electrons. The van der Waals surface area contributed by atoms with Crippen molar-refractivity contribution in [2.75, 3.05) is 33.9 Å². The Kier molecular flexibility index (Phi) is 13.2. The Labute approximate surface area is 237 Å². The van der Waals surface area contributed by atoms with Crippen LogP contribution < -0.4 is 9.47 Å². The van der Waals surface area contributed by atoms with Gasteiger partial charge in [0.15, 0.2) is 29.5 Å². The standard InChI is InChI=1S/C25H29FN2O3.C4H6O6/c1-30-23-10-7-20(16-24(23)31-2)21(17-27)4-3-13-28-14-11-19(12-15-28)25(29)18-5-8-22(26)9-6-18;5-1(3(7)8)2(6)4(9)10/h5-10,16,19,21H,3-4,11-15H2,1-2H3;1-2,5-6H,(H,7,8)(H,9,10)/t;1-,2-/m.1/s1. The van der Waals surface area contributed by atoms with Crippen molar-refractivity contribution < 1.29 is 48.7 Å². The molecule has 3 atom stereocenters. The molecule has 0 aliphatic carbocycles. The number of aliphatic hydroxyl groups excluding tert-OH is 2. The molecule has 0 bridgehead atoms. The second-order valence-electron chi connectivity index (χ2n) is 9.49. The number of carbonyl (C=O) groups is 3. The third kappa shape index (κ3) is 9.82. The fourth-order valence-corrected chi connectivity index (χ4v) is 4.43. The average molecular weight is 575 g/mol. The van der Waals surface area contributed by atoms with Crippen LogP contribution in [0.4, 0.5) is 4.39 Å². The van der Waals surface area contributed by atoms with Gasteiger partial charge in [0, 0.05) is 11.5 Å². The zero-order valence-electron chi connectivity index (χ0n) is 22.9. The lowest BCUT2D eigenvalue weighted by Crippen LogP contribution is -2.39. The summed E-state index contributed by atoms with van der Waals surface area (Å²) in [6, 6.07) is 13.8. The zero-order chi connectivity index (χ0) is 30.5. The Hall–Kier alpha value is -4.05. The highest BCUT2D eigenvalue weighted by molar-refractivity contribution is 5.97. The largest absolute Gasteiger partial charge is 0.493 e. The van der Waals surface area contributed by atoms with Crippen LogP contribution in [0.1, 0.15) is 47.5 Å². The van der Waals surface area contributed by atoms with E-state index in [0.29, 0.717) is 17.1 Å². The number of aliphatic carboxylic acids is 2. The van der Waals surface area contributed by atoms with E-state index in [0.717, 1.165) is 50.9 Å². The Morgan fingerprint density at radius 1 is 0.976 bits per heavy atom. The fourth-order valence-electron chi connectivity index (χ4n) is 4.43. The number of methoxy groups -OCH3 is 2. The molecule has 0 aromatic heterocycles. The molecule has 1 fully saturated rings. The fraction of sp³-hybridized carbons (Fsp3) is 0.448. The molecular formula is C29H35FN2O9. The number of piperidine rings is 1. The summed E-state index contributed by atoms with van der Waals surface area (Å²) in [5.74, 6) is -2.66. The van der Waals surface area contributed by atoms with Gasteiger partial charge in [0.25, 0.3) is 0 Å². The van der Waals surface area contributed by atoms with Gasteiger partial charge in [-0.2, -0.15) is 5.26 Å². The molecular weight excluding hydrogens is 539 g/mol. The van der Waals surface area contributed by atoms with Gasteiger partial charge in [0.05, 0.1) is 26.2 Å². The van der Waals surface area contributed by atoms with Gasteiger partial charge in [-0.25, -0.2) is 14.0 Å².